The lowest BCUT2D eigenvalue weighted by atomic mass is 9.97. The van der Waals surface area contributed by atoms with Crippen molar-refractivity contribution in [1.82, 2.24) is 4.90 Å². The van der Waals surface area contributed by atoms with E-state index in [2.05, 4.69) is 6.07 Å². The second kappa shape index (κ2) is 7.27. The summed E-state index contributed by atoms with van der Waals surface area (Å²) in [4.78, 5) is 14.8. The number of hydrogen-bond donors (Lipinski definition) is 0. The normalized spacial score (nSPS) is 14.5. The van der Waals surface area contributed by atoms with Gasteiger partial charge >= 0.3 is 0 Å². The Kier molecular flexibility index (Phi) is 4.90. The molecule has 0 saturated carbocycles. The van der Waals surface area contributed by atoms with Gasteiger partial charge in [-0.1, -0.05) is 12.1 Å². The van der Waals surface area contributed by atoms with E-state index < -0.39 is 0 Å². The van der Waals surface area contributed by atoms with E-state index in [1.165, 1.54) is 0 Å². The van der Waals surface area contributed by atoms with Crippen LogP contribution in [-0.2, 0) is 11.3 Å². The van der Waals surface area contributed by atoms with Crippen LogP contribution in [0.1, 0.15) is 29.5 Å². The number of benzene rings is 2. The first-order chi connectivity index (χ1) is 12.1. The van der Waals surface area contributed by atoms with Crippen molar-refractivity contribution in [3.8, 4) is 17.6 Å². The van der Waals surface area contributed by atoms with Crippen molar-refractivity contribution in [2.75, 3.05) is 20.3 Å². The molecule has 2 aromatic rings. The van der Waals surface area contributed by atoms with Crippen LogP contribution in [0, 0.1) is 11.3 Å². The summed E-state index contributed by atoms with van der Waals surface area (Å²) in [6, 6.07) is 15.0. The molecule has 1 aliphatic rings. The van der Waals surface area contributed by atoms with Crippen LogP contribution in [0.2, 0.25) is 0 Å². The lowest BCUT2D eigenvalue weighted by molar-refractivity contribution is -0.133. The van der Waals surface area contributed by atoms with Gasteiger partial charge in [0, 0.05) is 12.1 Å². The van der Waals surface area contributed by atoms with Crippen molar-refractivity contribution in [1.29, 1.82) is 5.26 Å². The van der Waals surface area contributed by atoms with Crippen molar-refractivity contribution in [2.45, 2.75) is 19.4 Å². The topological polar surface area (TPSA) is 62.6 Å². The molecule has 1 aliphatic heterocycles. The Labute approximate surface area is 147 Å². The number of amides is 1. The predicted octanol–water partition coefficient (Wildman–Crippen LogP) is 3.09. The first-order valence-electron chi connectivity index (χ1n) is 8.21. The van der Waals surface area contributed by atoms with Crippen LogP contribution in [0.3, 0.4) is 0 Å². The van der Waals surface area contributed by atoms with E-state index in [9.17, 15) is 4.79 Å². The average Bonchev–Trinajstić information content (AvgIpc) is 2.88. The molecule has 2 aromatic carbocycles. The molecule has 5 heteroatoms. The van der Waals surface area contributed by atoms with Gasteiger partial charge in [0.15, 0.2) is 0 Å². The van der Waals surface area contributed by atoms with Gasteiger partial charge in [0.1, 0.15) is 18.1 Å². The second-order valence-corrected chi connectivity index (χ2v) is 6.04. The van der Waals surface area contributed by atoms with Crippen molar-refractivity contribution >= 4 is 5.91 Å². The summed E-state index contributed by atoms with van der Waals surface area (Å²) in [6.07, 6.45) is 0. The zero-order valence-electron chi connectivity index (χ0n) is 14.4. The van der Waals surface area contributed by atoms with Crippen molar-refractivity contribution in [3.63, 3.8) is 0 Å². The van der Waals surface area contributed by atoms with Gasteiger partial charge in [0.05, 0.1) is 31.2 Å². The third kappa shape index (κ3) is 3.58. The predicted molar refractivity (Wildman–Crippen MR) is 93.5 cm³/mol. The standard InChI is InChI=1S/C20H20N2O3/c1-14(16-5-3-4-15(10-16)12-21)20(23)22-8-9-25-19-7-6-18(24-2)11-17(19)13-22/h3-7,10-11,14H,8-9,13H2,1-2H3. The molecule has 0 aromatic heterocycles. The lowest BCUT2D eigenvalue weighted by Gasteiger charge is -2.24. The molecule has 0 saturated heterocycles. The summed E-state index contributed by atoms with van der Waals surface area (Å²) in [7, 11) is 1.62. The molecule has 1 unspecified atom stereocenters. The van der Waals surface area contributed by atoms with Gasteiger partial charge in [0.25, 0.3) is 0 Å². The van der Waals surface area contributed by atoms with E-state index >= 15 is 0 Å². The van der Waals surface area contributed by atoms with Gasteiger partial charge in [-0.15, -0.1) is 0 Å². The minimum atomic E-state index is -0.319. The number of carbonyl (C=O) groups is 1. The van der Waals surface area contributed by atoms with Crippen LogP contribution in [-0.4, -0.2) is 31.1 Å². The molecular weight excluding hydrogens is 316 g/mol. The van der Waals surface area contributed by atoms with E-state index in [-0.39, 0.29) is 11.8 Å². The highest BCUT2D eigenvalue weighted by molar-refractivity contribution is 5.83. The maximum Gasteiger partial charge on any atom is 0.230 e. The summed E-state index contributed by atoms with van der Waals surface area (Å²) < 4.78 is 11.0. The van der Waals surface area contributed by atoms with E-state index in [1.54, 1.807) is 24.1 Å². The Morgan fingerprint density at radius 2 is 2.16 bits per heavy atom. The first kappa shape index (κ1) is 16.8. The van der Waals surface area contributed by atoms with Crippen LogP contribution in [0.15, 0.2) is 42.5 Å². The fourth-order valence-corrected chi connectivity index (χ4v) is 2.98. The van der Waals surface area contributed by atoms with E-state index in [1.807, 2.05) is 37.3 Å². The maximum atomic E-state index is 13.0. The van der Waals surface area contributed by atoms with Crippen LogP contribution in [0.5, 0.6) is 11.5 Å². The largest absolute Gasteiger partial charge is 0.497 e. The molecular formula is C20H20N2O3. The molecule has 3 rings (SSSR count). The molecule has 5 nitrogen and oxygen atoms in total. The van der Waals surface area contributed by atoms with E-state index in [4.69, 9.17) is 14.7 Å². The average molecular weight is 336 g/mol. The number of methoxy groups -OCH3 is 1. The monoisotopic (exact) mass is 336 g/mol. The number of hydrogen-bond acceptors (Lipinski definition) is 4. The summed E-state index contributed by atoms with van der Waals surface area (Å²) in [5.74, 6) is 1.23. The minimum absolute atomic E-state index is 0.0226. The quantitative estimate of drug-likeness (QED) is 0.864. The van der Waals surface area contributed by atoms with E-state index in [0.717, 1.165) is 22.6 Å². The SMILES string of the molecule is COc1ccc2c(c1)CN(C(=O)C(C)c1cccc(C#N)c1)CCO2. The van der Waals surface area contributed by atoms with Crippen molar-refractivity contribution < 1.29 is 14.3 Å². The summed E-state index contributed by atoms with van der Waals surface area (Å²) in [5, 5.41) is 9.05. The first-order valence-corrected chi connectivity index (χ1v) is 8.21. The zero-order chi connectivity index (χ0) is 17.8. The van der Waals surface area contributed by atoms with Gasteiger partial charge in [-0.3, -0.25) is 4.79 Å². The highest BCUT2D eigenvalue weighted by Crippen LogP contribution is 2.29. The van der Waals surface area contributed by atoms with E-state index in [0.29, 0.717) is 25.3 Å². The number of fused-ring (bicyclic) bond motifs is 1. The fraction of sp³-hybridized carbons (Fsp3) is 0.300. The summed E-state index contributed by atoms with van der Waals surface area (Å²) in [6.45, 7) is 3.33. The molecule has 0 spiro atoms. The second-order valence-electron chi connectivity index (χ2n) is 6.04. The number of nitrogens with zero attached hydrogens (tertiary/aromatic N) is 2. The fourth-order valence-electron chi connectivity index (χ4n) is 2.98. The minimum Gasteiger partial charge on any atom is -0.497 e. The number of ether oxygens (including phenoxy) is 2. The maximum absolute atomic E-state index is 13.0. The van der Waals surface area contributed by atoms with Gasteiger partial charge in [-0.05, 0) is 42.8 Å². The zero-order valence-corrected chi connectivity index (χ0v) is 14.4. The molecule has 0 N–H and O–H groups in total. The molecule has 128 valence electrons. The molecule has 1 heterocycles. The molecule has 1 amide bonds. The summed E-state index contributed by atoms with van der Waals surface area (Å²) in [5.41, 5.74) is 2.34. The molecule has 0 fully saturated rings. The Hall–Kier alpha value is -3.00. The van der Waals surface area contributed by atoms with Crippen molar-refractivity contribution in [2.24, 2.45) is 0 Å². The Morgan fingerprint density at radius 3 is 2.92 bits per heavy atom. The molecule has 0 radical (unpaired) electrons. The Bertz CT molecular complexity index is 826. The lowest BCUT2D eigenvalue weighted by Crippen LogP contribution is -2.35. The Morgan fingerprint density at radius 1 is 1.32 bits per heavy atom. The van der Waals surface area contributed by atoms with Crippen LogP contribution in [0.4, 0.5) is 0 Å². The number of rotatable bonds is 3. The van der Waals surface area contributed by atoms with Gasteiger partial charge in [-0.2, -0.15) is 5.26 Å². The smallest absolute Gasteiger partial charge is 0.230 e. The molecule has 0 bridgehead atoms. The third-order valence-corrected chi connectivity index (χ3v) is 4.45. The molecule has 0 aliphatic carbocycles. The van der Waals surface area contributed by atoms with Gasteiger partial charge in [0.2, 0.25) is 5.91 Å². The highest BCUT2D eigenvalue weighted by Gasteiger charge is 2.25. The van der Waals surface area contributed by atoms with Crippen LogP contribution < -0.4 is 9.47 Å². The van der Waals surface area contributed by atoms with Gasteiger partial charge in [-0.25, -0.2) is 0 Å². The molecule has 25 heavy (non-hydrogen) atoms. The van der Waals surface area contributed by atoms with Crippen LogP contribution >= 0.6 is 0 Å². The van der Waals surface area contributed by atoms with Crippen LogP contribution in [0.25, 0.3) is 0 Å². The highest BCUT2D eigenvalue weighted by atomic mass is 16.5. The summed E-state index contributed by atoms with van der Waals surface area (Å²) >= 11 is 0. The Balaban J connectivity index is 1.82. The number of nitriles is 1. The third-order valence-electron chi connectivity index (χ3n) is 4.45. The number of carbonyl (C=O) groups excluding carboxylic acids is 1. The molecule has 1 atom stereocenters. The van der Waals surface area contributed by atoms with Gasteiger partial charge < -0.3 is 14.4 Å². The van der Waals surface area contributed by atoms with Crippen molar-refractivity contribution in [3.05, 3.63) is 59.2 Å².